The minimum absolute atomic E-state index is 0.325. The Balaban J connectivity index is 1.33. The van der Waals surface area contributed by atoms with Gasteiger partial charge >= 0.3 is 0 Å². The van der Waals surface area contributed by atoms with Crippen LogP contribution >= 0.6 is 0 Å². The highest BCUT2D eigenvalue weighted by Gasteiger charge is 2.22. The van der Waals surface area contributed by atoms with Crippen LogP contribution in [0.3, 0.4) is 0 Å². The van der Waals surface area contributed by atoms with Gasteiger partial charge in [-0.1, -0.05) is 6.92 Å². The third-order valence-corrected chi connectivity index (χ3v) is 5.81. The summed E-state index contributed by atoms with van der Waals surface area (Å²) < 4.78 is 7.14. The second-order valence-electron chi connectivity index (χ2n) is 8.17. The smallest absolute Gasteiger partial charge is 0.191 e. The van der Waals surface area contributed by atoms with Crippen molar-refractivity contribution in [3.05, 3.63) is 11.6 Å². The fourth-order valence-corrected chi connectivity index (χ4v) is 4.01. The molecule has 0 radical (unpaired) electrons. The number of hydrogen-bond donors (Lipinski definition) is 2. The van der Waals surface area contributed by atoms with E-state index >= 15 is 0 Å². The zero-order valence-corrected chi connectivity index (χ0v) is 17.8. The molecule has 8 nitrogen and oxygen atoms in total. The largest absolute Gasteiger partial charge is 0.377 e. The zero-order chi connectivity index (χ0) is 19.8. The number of unbranched alkanes of at least 4 members (excludes halogenated alkanes) is 1. The summed E-state index contributed by atoms with van der Waals surface area (Å²) in [5.41, 5.74) is 0. The Morgan fingerprint density at radius 2 is 2.07 bits per heavy atom. The Morgan fingerprint density at radius 1 is 1.25 bits per heavy atom. The van der Waals surface area contributed by atoms with Crippen molar-refractivity contribution in [2.24, 2.45) is 10.9 Å². The number of methoxy groups -OCH3 is 1. The van der Waals surface area contributed by atoms with Gasteiger partial charge in [0, 0.05) is 33.2 Å². The third-order valence-electron chi connectivity index (χ3n) is 5.81. The van der Waals surface area contributed by atoms with Crippen molar-refractivity contribution in [2.75, 3.05) is 40.3 Å². The Kier molecular flexibility index (Phi) is 8.09. The van der Waals surface area contributed by atoms with E-state index in [2.05, 4.69) is 37.5 Å². The highest BCUT2D eigenvalue weighted by molar-refractivity contribution is 5.79. The molecule has 0 spiro atoms. The van der Waals surface area contributed by atoms with Crippen LogP contribution in [0.2, 0.25) is 0 Å². The van der Waals surface area contributed by atoms with Crippen molar-refractivity contribution in [2.45, 2.75) is 64.6 Å². The van der Waals surface area contributed by atoms with Crippen molar-refractivity contribution in [3.8, 4) is 0 Å². The molecule has 0 saturated carbocycles. The molecular weight excluding hydrogens is 354 g/mol. The molecule has 3 heterocycles. The molecule has 8 heteroatoms. The van der Waals surface area contributed by atoms with E-state index in [-0.39, 0.29) is 0 Å². The highest BCUT2D eigenvalue weighted by atomic mass is 16.5. The first-order chi connectivity index (χ1) is 13.7. The van der Waals surface area contributed by atoms with E-state index in [1.165, 1.54) is 45.3 Å². The van der Waals surface area contributed by atoms with Gasteiger partial charge in [0.1, 0.15) is 12.4 Å². The summed E-state index contributed by atoms with van der Waals surface area (Å²) in [6.45, 7) is 8.39. The minimum Gasteiger partial charge on any atom is -0.377 e. The molecule has 0 aromatic carbocycles. The molecule has 0 bridgehead atoms. The summed E-state index contributed by atoms with van der Waals surface area (Å²) >= 11 is 0. The second-order valence-corrected chi connectivity index (χ2v) is 8.17. The molecule has 1 unspecified atom stereocenters. The summed E-state index contributed by atoms with van der Waals surface area (Å²) in [6.07, 6.45) is 7.10. The molecular formula is C20H37N7O. The highest BCUT2D eigenvalue weighted by Crippen LogP contribution is 2.16. The lowest BCUT2D eigenvalue weighted by atomic mass is 9.99. The van der Waals surface area contributed by atoms with E-state index in [1.54, 1.807) is 7.11 Å². The maximum absolute atomic E-state index is 5.14. The maximum Gasteiger partial charge on any atom is 0.191 e. The molecule has 28 heavy (non-hydrogen) atoms. The number of nitrogens with zero attached hydrogens (tertiary/aromatic N) is 5. The topological polar surface area (TPSA) is 79.6 Å². The van der Waals surface area contributed by atoms with Crippen LogP contribution in [-0.2, 0) is 24.3 Å². The average Bonchev–Trinajstić information content (AvgIpc) is 3.10. The van der Waals surface area contributed by atoms with E-state index in [0.29, 0.717) is 12.6 Å². The van der Waals surface area contributed by atoms with Crippen molar-refractivity contribution in [3.63, 3.8) is 0 Å². The van der Waals surface area contributed by atoms with Crippen LogP contribution in [0.1, 0.15) is 50.7 Å². The van der Waals surface area contributed by atoms with Gasteiger partial charge in [0.25, 0.3) is 0 Å². The van der Waals surface area contributed by atoms with Gasteiger partial charge in [-0.05, 0) is 57.7 Å². The number of aliphatic imine (C=N–C) groups is 1. The lowest BCUT2D eigenvalue weighted by Gasteiger charge is -2.30. The first kappa shape index (κ1) is 21.0. The van der Waals surface area contributed by atoms with Gasteiger partial charge in [0.05, 0.1) is 6.54 Å². The Morgan fingerprint density at radius 3 is 2.82 bits per heavy atom. The summed E-state index contributed by atoms with van der Waals surface area (Å²) in [7, 11) is 3.51. The zero-order valence-electron chi connectivity index (χ0n) is 17.8. The van der Waals surface area contributed by atoms with Crippen LogP contribution in [0.4, 0.5) is 0 Å². The number of ether oxygens (including phenoxy) is 1. The second kappa shape index (κ2) is 10.8. The molecule has 3 rings (SSSR count). The first-order valence-corrected chi connectivity index (χ1v) is 10.8. The van der Waals surface area contributed by atoms with E-state index < -0.39 is 0 Å². The minimum atomic E-state index is 0.325. The Labute approximate surface area is 169 Å². The molecule has 2 N–H and O–H groups in total. The number of piperidine rings is 1. The predicted octanol–water partition coefficient (Wildman–Crippen LogP) is 1.42. The molecule has 1 atom stereocenters. The van der Waals surface area contributed by atoms with Crippen LogP contribution in [0.25, 0.3) is 0 Å². The Bertz CT molecular complexity index is 622. The fourth-order valence-electron chi connectivity index (χ4n) is 4.01. The molecule has 0 aliphatic carbocycles. The van der Waals surface area contributed by atoms with E-state index in [9.17, 15) is 0 Å². The van der Waals surface area contributed by atoms with Gasteiger partial charge < -0.3 is 20.3 Å². The van der Waals surface area contributed by atoms with E-state index in [4.69, 9.17) is 4.74 Å². The number of guanidine groups is 1. The summed E-state index contributed by atoms with van der Waals surface area (Å²) in [5, 5.41) is 11.5. The van der Waals surface area contributed by atoms with Gasteiger partial charge in [0.2, 0.25) is 0 Å². The maximum atomic E-state index is 5.14. The van der Waals surface area contributed by atoms with Gasteiger partial charge in [-0.2, -0.15) is 5.10 Å². The number of hydrogen-bond acceptors (Lipinski definition) is 5. The molecule has 2 aliphatic rings. The number of aryl methyl sites for hydroxylation is 1. The third kappa shape index (κ3) is 6.17. The summed E-state index contributed by atoms with van der Waals surface area (Å²) in [5.74, 6) is 3.62. The number of fused-ring (bicyclic) bond motifs is 1. The summed E-state index contributed by atoms with van der Waals surface area (Å²) in [4.78, 5) is 11.5. The van der Waals surface area contributed by atoms with Crippen molar-refractivity contribution in [1.82, 2.24) is 30.3 Å². The molecule has 2 aliphatic heterocycles. The number of rotatable bonds is 8. The van der Waals surface area contributed by atoms with Gasteiger partial charge in [0.15, 0.2) is 11.8 Å². The van der Waals surface area contributed by atoms with Gasteiger partial charge in [-0.25, -0.2) is 9.67 Å². The van der Waals surface area contributed by atoms with Crippen molar-refractivity contribution < 1.29 is 4.74 Å². The molecule has 1 saturated heterocycles. The molecule has 0 amide bonds. The number of likely N-dealkylation sites (tertiary alicyclic amines) is 1. The van der Waals surface area contributed by atoms with Gasteiger partial charge in [-0.15, -0.1) is 0 Å². The molecule has 158 valence electrons. The van der Waals surface area contributed by atoms with E-state index in [1.807, 2.05) is 11.7 Å². The normalized spacial score (nSPS) is 21.5. The quantitative estimate of drug-likeness (QED) is 0.396. The standard InChI is InChI=1S/C20H37N7O/c1-16-8-12-26(13-9-16)11-5-4-10-22-20(21-2)23-17-6-7-19-24-18(15-28-3)25-27(19)14-17/h16-17H,4-15H2,1-3H3,(H2,21,22,23). The SMILES string of the molecule is CN=C(NCCCCN1CCC(C)CC1)NC1CCc2nc(COC)nn2C1. The van der Waals surface area contributed by atoms with Crippen molar-refractivity contribution in [1.29, 1.82) is 0 Å². The summed E-state index contributed by atoms with van der Waals surface area (Å²) in [6, 6.07) is 0.325. The molecule has 1 fully saturated rings. The van der Waals surface area contributed by atoms with Crippen LogP contribution in [-0.4, -0.2) is 72.0 Å². The monoisotopic (exact) mass is 391 g/mol. The van der Waals surface area contributed by atoms with Crippen LogP contribution in [0.5, 0.6) is 0 Å². The van der Waals surface area contributed by atoms with E-state index in [0.717, 1.165) is 49.5 Å². The first-order valence-electron chi connectivity index (χ1n) is 10.8. The van der Waals surface area contributed by atoms with Gasteiger partial charge in [-0.3, -0.25) is 4.99 Å². The number of nitrogens with one attached hydrogen (secondary N) is 2. The lowest BCUT2D eigenvalue weighted by Crippen LogP contribution is -2.47. The average molecular weight is 392 g/mol. The van der Waals surface area contributed by atoms with Crippen LogP contribution in [0.15, 0.2) is 4.99 Å². The van der Waals surface area contributed by atoms with Crippen LogP contribution < -0.4 is 10.6 Å². The predicted molar refractivity (Wildman–Crippen MR) is 111 cm³/mol. The molecule has 1 aromatic heterocycles. The Hall–Kier alpha value is -1.67. The lowest BCUT2D eigenvalue weighted by molar-refractivity contribution is 0.177. The number of aromatic nitrogens is 3. The van der Waals surface area contributed by atoms with Crippen LogP contribution in [0, 0.1) is 5.92 Å². The van der Waals surface area contributed by atoms with Crippen molar-refractivity contribution >= 4 is 5.96 Å². The molecule has 1 aromatic rings. The fraction of sp³-hybridized carbons (Fsp3) is 0.850.